The van der Waals surface area contributed by atoms with Crippen molar-refractivity contribution in [2.75, 3.05) is 26.9 Å². The van der Waals surface area contributed by atoms with Gasteiger partial charge in [-0.2, -0.15) is 0 Å². The van der Waals surface area contributed by atoms with Gasteiger partial charge in [0.2, 0.25) is 0 Å². The maximum Gasteiger partial charge on any atom is 0.0915 e. The zero-order chi connectivity index (χ0) is 8.53. The van der Waals surface area contributed by atoms with Crippen molar-refractivity contribution in [1.29, 1.82) is 0 Å². The minimum Gasteiger partial charge on any atom is -0.393 e. The Hall–Kier alpha value is -0.160. The number of hydrogen-bond donors (Lipinski definition) is 2. The fraction of sp³-hybridized carbons (Fsp3) is 1.00. The van der Waals surface area contributed by atoms with Crippen molar-refractivity contribution in [3.05, 3.63) is 0 Å². The van der Waals surface area contributed by atoms with Gasteiger partial charge in [0.05, 0.1) is 19.3 Å². The van der Waals surface area contributed by atoms with Crippen LogP contribution in [0.15, 0.2) is 0 Å². The lowest BCUT2D eigenvalue weighted by Gasteiger charge is -2.06. The van der Waals surface area contributed by atoms with Gasteiger partial charge in [0.25, 0.3) is 0 Å². The molecule has 11 heavy (non-hydrogen) atoms. The van der Waals surface area contributed by atoms with Crippen LogP contribution >= 0.6 is 0 Å². The van der Waals surface area contributed by atoms with E-state index in [1.54, 1.807) is 14.0 Å². The third-order valence-electron chi connectivity index (χ3n) is 1.16. The highest BCUT2D eigenvalue weighted by Crippen LogP contribution is 1.85. The Morgan fingerprint density at radius 2 is 2.18 bits per heavy atom. The molecular formula is C7H17NO3. The molecule has 0 rings (SSSR count). The van der Waals surface area contributed by atoms with Crippen LogP contribution in [0.5, 0.6) is 0 Å². The molecule has 0 radical (unpaired) electrons. The average Bonchev–Trinajstić information content (AvgIpc) is 1.96. The molecule has 0 amide bonds. The smallest absolute Gasteiger partial charge is 0.0915 e. The van der Waals surface area contributed by atoms with Gasteiger partial charge in [-0.05, 0) is 13.3 Å². The summed E-state index contributed by atoms with van der Waals surface area (Å²) < 4.78 is 4.76. The van der Waals surface area contributed by atoms with Gasteiger partial charge >= 0.3 is 0 Å². The minimum atomic E-state index is -0.270. The fourth-order valence-corrected chi connectivity index (χ4v) is 0.537. The lowest BCUT2D eigenvalue weighted by molar-refractivity contribution is 0.00225. The van der Waals surface area contributed by atoms with Crippen LogP contribution in [0.2, 0.25) is 0 Å². The first-order valence-electron chi connectivity index (χ1n) is 3.79. The molecule has 0 aliphatic carbocycles. The first-order chi connectivity index (χ1) is 5.27. The van der Waals surface area contributed by atoms with Crippen molar-refractivity contribution in [3.63, 3.8) is 0 Å². The van der Waals surface area contributed by atoms with Crippen molar-refractivity contribution in [3.8, 4) is 0 Å². The molecule has 0 saturated heterocycles. The van der Waals surface area contributed by atoms with Gasteiger partial charge in [0, 0.05) is 13.7 Å². The molecule has 68 valence electrons. The summed E-state index contributed by atoms with van der Waals surface area (Å²) in [6.45, 7) is 3.54. The third-order valence-corrected chi connectivity index (χ3v) is 1.16. The lowest BCUT2D eigenvalue weighted by Crippen LogP contribution is -2.21. The van der Waals surface area contributed by atoms with E-state index in [0.717, 1.165) is 0 Å². The van der Waals surface area contributed by atoms with Crippen molar-refractivity contribution in [2.24, 2.45) is 0 Å². The van der Waals surface area contributed by atoms with Gasteiger partial charge in [-0.15, -0.1) is 0 Å². The van der Waals surface area contributed by atoms with Crippen LogP contribution in [-0.4, -0.2) is 38.1 Å². The molecule has 0 heterocycles. The SMILES string of the molecule is COCCONCCC(C)O. The van der Waals surface area contributed by atoms with Gasteiger partial charge in [0.15, 0.2) is 0 Å². The van der Waals surface area contributed by atoms with Crippen molar-refractivity contribution in [2.45, 2.75) is 19.4 Å². The molecule has 0 aromatic heterocycles. The summed E-state index contributed by atoms with van der Waals surface area (Å²) in [5.74, 6) is 0. The van der Waals surface area contributed by atoms with Crippen LogP contribution in [0.25, 0.3) is 0 Å². The zero-order valence-corrected chi connectivity index (χ0v) is 7.17. The molecule has 0 bridgehead atoms. The first kappa shape index (κ1) is 10.8. The predicted octanol–water partition coefficient (Wildman–Crippen LogP) is -0.0751. The van der Waals surface area contributed by atoms with E-state index in [1.165, 1.54) is 0 Å². The number of nitrogens with one attached hydrogen (secondary N) is 1. The minimum absolute atomic E-state index is 0.270. The summed E-state index contributed by atoms with van der Waals surface area (Å²) in [6, 6.07) is 0. The zero-order valence-electron chi connectivity index (χ0n) is 7.17. The summed E-state index contributed by atoms with van der Waals surface area (Å²) in [4.78, 5) is 4.94. The second-order valence-electron chi connectivity index (χ2n) is 2.37. The number of ether oxygens (including phenoxy) is 1. The molecular weight excluding hydrogens is 146 g/mol. The van der Waals surface area contributed by atoms with Crippen molar-refractivity contribution < 1.29 is 14.7 Å². The van der Waals surface area contributed by atoms with E-state index in [-0.39, 0.29) is 6.10 Å². The molecule has 0 aliphatic heterocycles. The van der Waals surface area contributed by atoms with Crippen LogP contribution in [0.4, 0.5) is 0 Å². The maximum absolute atomic E-state index is 8.83. The molecule has 4 nitrogen and oxygen atoms in total. The molecule has 0 aromatic carbocycles. The van der Waals surface area contributed by atoms with Gasteiger partial charge < -0.3 is 9.84 Å². The van der Waals surface area contributed by atoms with E-state index in [9.17, 15) is 0 Å². The highest BCUT2D eigenvalue weighted by atomic mass is 16.7. The van der Waals surface area contributed by atoms with E-state index in [1.807, 2.05) is 0 Å². The first-order valence-corrected chi connectivity index (χ1v) is 3.79. The molecule has 0 fully saturated rings. The average molecular weight is 163 g/mol. The second kappa shape index (κ2) is 7.94. The van der Waals surface area contributed by atoms with Gasteiger partial charge in [-0.25, -0.2) is 5.48 Å². The Morgan fingerprint density at radius 3 is 2.73 bits per heavy atom. The summed E-state index contributed by atoms with van der Waals surface area (Å²) in [6.07, 6.45) is 0.431. The molecule has 0 aliphatic rings. The Balaban J connectivity index is 2.80. The Kier molecular flexibility index (Phi) is 7.83. The van der Waals surface area contributed by atoms with E-state index in [4.69, 9.17) is 14.7 Å². The van der Waals surface area contributed by atoms with Crippen LogP contribution in [0.3, 0.4) is 0 Å². The number of rotatable bonds is 7. The van der Waals surface area contributed by atoms with E-state index < -0.39 is 0 Å². The molecule has 0 saturated carbocycles. The normalized spacial score (nSPS) is 13.4. The fourth-order valence-electron chi connectivity index (χ4n) is 0.537. The van der Waals surface area contributed by atoms with Crippen LogP contribution in [0, 0.1) is 0 Å². The van der Waals surface area contributed by atoms with Gasteiger partial charge in [-0.1, -0.05) is 0 Å². The number of hydrogen-bond acceptors (Lipinski definition) is 4. The summed E-state index contributed by atoms with van der Waals surface area (Å²) in [5.41, 5.74) is 2.71. The largest absolute Gasteiger partial charge is 0.393 e. The van der Waals surface area contributed by atoms with Gasteiger partial charge in [-0.3, -0.25) is 4.84 Å². The Bertz CT molecular complexity index is 78.1. The highest BCUT2D eigenvalue weighted by molar-refractivity contribution is 4.45. The van der Waals surface area contributed by atoms with E-state index >= 15 is 0 Å². The Morgan fingerprint density at radius 1 is 1.45 bits per heavy atom. The molecule has 1 atom stereocenters. The number of aliphatic hydroxyl groups is 1. The number of aliphatic hydroxyl groups excluding tert-OH is 1. The van der Waals surface area contributed by atoms with Crippen molar-refractivity contribution in [1.82, 2.24) is 5.48 Å². The van der Waals surface area contributed by atoms with Gasteiger partial charge in [0.1, 0.15) is 0 Å². The summed E-state index contributed by atoms with van der Waals surface area (Å²) in [5, 5.41) is 8.83. The Labute approximate surface area is 67.5 Å². The molecule has 2 N–H and O–H groups in total. The third kappa shape index (κ3) is 9.84. The summed E-state index contributed by atoms with van der Waals surface area (Å²) >= 11 is 0. The quantitative estimate of drug-likeness (QED) is 0.407. The second-order valence-corrected chi connectivity index (χ2v) is 2.37. The molecule has 4 heteroatoms. The lowest BCUT2D eigenvalue weighted by atomic mass is 10.3. The highest BCUT2D eigenvalue weighted by Gasteiger charge is 1.93. The monoisotopic (exact) mass is 163 g/mol. The maximum atomic E-state index is 8.83. The van der Waals surface area contributed by atoms with E-state index in [2.05, 4.69) is 5.48 Å². The van der Waals surface area contributed by atoms with E-state index in [0.29, 0.717) is 26.2 Å². The van der Waals surface area contributed by atoms with Crippen LogP contribution < -0.4 is 5.48 Å². The molecule has 0 spiro atoms. The number of hydroxylamine groups is 1. The summed E-state index contributed by atoms with van der Waals surface area (Å²) in [7, 11) is 1.62. The standard InChI is InChI=1S/C7H17NO3/c1-7(9)3-4-8-11-6-5-10-2/h7-9H,3-6H2,1-2H3. The topological polar surface area (TPSA) is 50.7 Å². The molecule has 0 aromatic rings. The van der Waals surface area contributed by atoms with Crippen LogP contribution in [-0.2, 0) is 9.57 Å². The number of methoxy groups -OCH3 is 1. The van der Waals surface area contributed by atoms with Crippen molar-refractivity contribution >= 4 is 0 Å². The predicted molar refractivity (Wildman–Crippen MR) is 42.1 cm³/mol. The molecule has 1 unspecified atom stereocenters. The van der Waals surface area contributed by atoms with Crippen LogP contribution in [0.1, 0.15) is 13.3 Å².